The molecule has 0 amide bonds. The van der Waals surface area contributed by atoms with E-state index in [1.165, 1.54) is 12.1 Å². The van der Waals surface area contributed by atoms with Gasteiger partial charge < -0.3 is 10.5 Å². The van der Waals surface area contributed by atoms with E-state index in [0.717, 1.165) is 5.56 Å². The number of benzene rings is 1. The molecule has 0 unspecified atom stereocenters. The number of hydrogen-bond acceptors (Lipinski definition) is 5. The second-order valence-electron chi connectivity index (χ2n) is 3.63. The number of aromatic nitrogens is 1. The van der Waals surface area contributed by atoms with E-state index in [0.29, 0.717) is 12.4 Å². The Morgan fingerprint density at radius 3 is 2.89 bits per heavy atom. The van der Waals surface area contributed by atoms with Crippen LogP contribution in [0, 0.1) is 10.1 Å². The number of anilines is 1. The van der Waals surface area contributed by atoms with Crippen LogP contribution in [0.1, 0.15) is 5.56 Å². The molecule has 0 aliphatic carbocycles. The van der Waals surface area contributed by atoms with Crippen molar-refractivity contribution < 1.29 is 9.66 Å². The van der Waals surface area contributed by atoms with Crippen LogP contribution >= 0.6 is 0 Å². The molecule has 0 spiro atoms. The molecule has 6 heteroatoms. The molecule has 0 saturated heterocycles. The molecule has 1 aromatic carbocycles. The van der Waals surface area contributed by atoms with Crippen LogP contribution in [0.2, 0.25) is 0 Å². The first-order valence-electron chi connectivity index (χ1n) is 5.22. The molecule has 18 heavy (non-hydrogen) atoms. The van der Waals surface area contributed by atoms with Crippen LogP contribution < -0.4 is 10.5 Å². The lowest BCUT2D eigenvalue weighted by molar-refractivity contribution is -0.384. The van der Waals surface area contributed by atoms with Crippen molar-refractivity contribution in [2.24, 2.45) is 0 Å². The van der Waals surface area contributed by atoms with Crippen molar-refractivity contribution in [1.82, 2.24) is 4.98 Å². The Labute approximate surface area is 103 Å². The summed E-state index contributed by atoms with van der Waals surface area (Å²) in [7, 11) is 0. The summed E-state index contributed by atoms with van der Waals surface area (Å²) >= 11 is 0. The first-order chi connectivity index (χ1) is 8.66. The lowest BCUT2D eigenvalue weighted by Crippen LogP contribution is -1.99. The maximum absolute atomic E-state index is 10.7. The van der Waals surface area contributed by atoms with Gasteiger partial charge in [0.2, 0.25) is 0 Å². The van der Waals surface area contributed by atoms with E-state index >= 15 is 0 Å². The van der Waals surface area contributed by atoms with Gasteiger partial charge in [0.1, 0.15) is 18.0 Å². The van der Waals surface area contributed by atoms with Gasteiger partial charge in [-0.15, -0.1) is 0 Å². The van der Waals surface area contributed by atoms with Crippen molar-refractivity contribution in [3.8, 4) is 5.75 Å². The monoisotopic (exact) mass is 245 g/mol. The van der Waals surface area contributed by atoms with Crippen molar-refractivity contribution in [2.75, 3.05) is 5.73 Å². The number of hydrogen-bond donors (Lipinski definition) is 1. The zero-order valence-electron chi connectivity index (χ0n) is 9.45. The summed E-state index contributed by atoms with van der Waals surface area (Å²) in [6, 6.07) is 8.02. The first-order valence-corrected chi connectivity index (χ1v) is 5.22. The second kappa shape index (κ2) is 5.13. The first kappa shape index (κ1) is 11.8. The lowest BCUT2D eigenvalue weighted by atomic mass is 10.2. The van der Waals surface area contributed by atoms with Crippen molar-refractivity contribution in [3.05, 3.63) is 58.4 Å². The molecule has 0 aliphatic heterocycles. The minimum Gasteiger partial charge on any atom is -0.489 e. The third-order valence-corrected chi connectivity index (χ3v) is 2.33. The van der Waals surface area contributed by atoms with Gasteiger partial charge in [-0.05, 0) is 18.2 Å². The zero-order valence-corrected chi connectivity index (χ0v) is 9.45. The summed E-state index contributed by atoms with van der Waals surface area (Å²) in [5.74, 6) is 0.403. The van der Waals surface area contributed by atoms with Gasteiger partial charge in [0.05, 0.1) is 11.0 Å². The number of nitro benzene ring substituents is 1. The molecule has 0 saturated carbocycles. The van der Waals surface area contributed by atoms with E-state index in [4.69, 9.17) is 10.5 Å². The van der Waals surface area contributed by atoms with Crippen LogP contribution in [-0.2, 0) is 6.61 Å². The minimum atomic E-state index is -0.535. The molecule has 6 nitrogen and oxygen atoms in total. The van der Waals surface area contributed by atoms with E-state index < -0.39 is 4.92 Å². The van der Waals surface area contributed by atoms with Crippen LogP contribution in [0.25, 0.3) is 0 Å². The van der Waals surface area contributed by atoms with E-state index in [9.17, 15) is 10.1 Å². The molecule has 0 radical (unpaired) electrons. The molecule has 2 aromatic rings. The van der Waals surface area contributed by atoms with Gasteiger partial charge in [0.25, 0.3) is 5.69 Å². The van der Waals surface area contributed by atoms with Crippen LogP contribution in [0.5, 0.6) is 5.75 Å². The largest absolute Gasteiger partial charge is 0.489 e. The molecule has 0 fully saturated rings. The van der Waals surface area contributed by atoms with Crippen molar-refractivity contribution in [1.29, 1.82) is 0 Å². The standard InChI is InChI=1S/C12H11N3O3/c13-11-4-3-10(6-12(11)15(16)17)18-8-9-2-1-5-14-7-9/h1-7H,8,13H2. The maximum Gasteiger partial charge on any atom is 0.295 e. The fourth-order valence-electron chi connectivity index (χ4n) is 1.42. The highest BCUT2D eigenvalue weighted by Crippen LogP contribution is 2.26. The van der Waals surface area contributed by atoms with Crippen molar-refractivity contribution in [3.63, 3.8) is 0 Å². The zero-order chi connectivity index (χ0) is 13.0. The number of nitro groups is 1. The highest BCUT2D eigenvalue weighted by Gasteiger charge is 2.12. The topological polar surface area (TPSA) is 91.3 Å². The van der Waals surface area contributed by atoms with Crippen LogP contribution in [-0.4, -0.2) is 9.91 Å². The number of rotatable bonds is 4. The number of nitrogens with two attached hydrogens (primary N) is 1. The van der Waals surface area contributed by atoms with Crippen LogP contribution in [0.4, 0.5) is 11.4 Å². The summed E-state index contributed by atoms with van der Waals surface area (Å²) in [4.78, 5) is 14.1. The van der Waals surface area contributed by atoms with Gasteiger partial charge in [0, 0.05) is 18.0 Å². The van der Waals surface area contributed by atoms with Gasteiger partial charge in [-0.25, -0.2) is 0 Å². The molecule has 92 valence electrons. The Bertz CT molecular complexity index is 558. The molecular formula is C12H11N3O3. The Balaban J connectivity index is 2.11. The van der Waals surface area contributed by atoms with Crippen molar-refractivity contribution in [2.45, 2.75) is 6.61 Å². The average Bonchev–Trinajstić information content (AvgIpc) is 2.38. The van der Waals surface area contributed by atoms with Gasteiger partial charge in [0.15, 0.2) is 0 Å². The Morgan fingerprint density at radius 2 is 2.22 bits per heavy atom. The third kappa shape index (κ3) is 2.73. The summed E-state index contributed by atoms with van der Waals surface area (Å²) in [5, 5.41) is 10.7. The minimum absolute atomic E-state index is 0.119. The highest BCUT2D eigenvalue weighted by atomic mass is 16.6. The van der Waals surface area contributed by atoms with Crippen LogP contribution in [0.3, 0.4) is 0 Å². The maximum atomic E-state index is 10.7. The second-order valence-corrected chi connectivity index (χ2v) is 3.63. The van der Waals surface area contributed by atoms with E-state index in [-0.39, 0.29) is 11.4 Å². The Kier molecular flexibility index (Phi) is 3.38. The number of ether oxygens (including phenoxy) is 1. The Morgan fingerprint density at radius 1 is 1.39 bits per heavy atom. The smallest absolute Gasteiger partial charge is 0.295 e. The fourth-order valence-corrected chi connectivity index (χ4v) is 1.42. The molecule has 1 heterocycles. The number of pyridine rings is 1. The predicted octanol–water partition coefficient (Wildman–Crippen LogP) is 2.15. The van der Waals surface area contributed by atoms with E-state index in [1.807, 2.05) is 6.07 Å². The normalized spacial score (nSPS) is 10.0. The summed E-state index contributed by atoms with van der Waals surface area (Å²) in [6.45, 7) is 0.301. The van der Waals surface area contributed by atoms with Gasteiger partial charge in [-0.2, -0.15) is 0 Å². The number of nitrogens with zero attached hydrogens (tertiary/aromatic N) is 2. The quantitative estimate of drug-likeness (QED) is 0.506. The SMILES string of the molecule is Nc1ccc(OCc2cccnc2)cc1[N+](=O)[O-]. The average molecular weight is 245 g/mol. The Hall–Kier alpha value is -2.63. The third-order valence-electron chi connectivity index (χ3n) is 2.33. The lowest BCUT2D eigenvalue weighted by Gasteiger charge is -2.06. The van der Waals surface area contributed by atoms with Gasteiger partial charge >= 0.3 is 0 Å². The number of nitrogen functional groups attached to an aromatic ring is 1. The molecular weight excluding hydrogens is 234 g/mol. The van der Waals surface area contributed by atoms with Crippen LogP contribution in [0.15, 0.2) is 42.7 Å². The van der Waals surface area contributed by atoms with E-state index in [1.54, 1.807) is 24.5 Å². The summed E-state index contributed by atoms with van der Waals surface area (Å²) in [6.07, 6.45) is 3.34. The predicted molar refractivity (Wildman–Crippen MR) is 66.1 cm³/mol. The summed E-state index contributed by atoms with van der Waals surface area (Å²) in [5.41, 5.74) is 6.34. The molecule has 2 N–H and O–H groups in total. The molecule has 0 bridgehead atoms. The van der Waals surface area contributed by atoms with Gasteiger partial charge in [-0.3, -0.25) is 15.1 Å². The molecule has 1 aromatic heterocycles. The van der Waals surface area contributed by atoms with E-state index in [2.05, 4.69) is 4.98 Å². The molecule has 0 atom stereocenters. The van der Waals surface area contributed by atoms with Crippen molar-refractivity contribution >= 4 is 11.4 Å². The molecule has 0 aliphatic rings. The fraction of sp³-hybridized carbons (Fsp3) is 0.0833. The highest BCUT2D eigenvalue weighted by molar-refractivity contribution is 5.60. The summed E-state index contributed by atoms with van der Waals surface area (Å²) < 4.78 is 5.44. The van der Waals surface area contributed by atoms with Gasteiger partial charge in [-0.1, -0.05) is 6.07 Å². The molecule has 2 rings (SSSR count).